The van der Waals surface area contributed by atoms with Crippen LogP contribution in [-0.4, -0.2) is 39.9 Å². The highest BCUT2D eigenvalue weighted by Gasteiger charge is 2.48. The number of hydrogen-bond donors (Lipinski definition) is 1. The fraction of sp³-hybridized carbons (Fsp3) is 0.676. The summed E-state index contributed by atoms with van der Waals surface area (Å²) in [5.41, 5.74) is 5.77. The molecule has 0 radical (unpaired) electrons. The maximum Gasteiger partial charge on any atom is 0.335 e. The van der Waals surface area contributed by atoms with Crippen molar-refractivity contribution in [1.29, 1.82) is 0 Å². The zero-order chi connectivity index (χ0) is 28.0. The number of aromatic nitrogens is 2. The summed E-state index contributed by atoms with van der Waals surface area (Å²) < 4.78 is 13.8. The Morgan fingerprint density at radius 2 is 1.83 bits per heavy atom. The van der Waals surface area contributed by atoms with Crippen molar-refractivity contribution < 1.29 is 19.2 Å². The van der Waals surface area contributed by atoms with Gasteiger partial charge in [0.15, 0.2) is 5.13 Å². The smallest absolute Gasteiger partial charge is 0.335 e. The summed E-state index contributed by atoms with van der Waals surface area (Å²) in [6.07, 6.45) is 17.7. The Labute approximate surface area is 251 Å². The van der Waals surface area contributed by atoms with E-state index < -0.39 is 5.97 Å². The quantitative estimate of drug-likeness (QED) is 0.285. The second-order valence-electron chi connectivity index (χ2n) is 14.5. The van der Waals surface area contributed by atoms with Gasteiger partial charge in [0.05, 0.1) is 34.2 Å². The van der Waals surface area contributed by atoms with Gasteiger partial charge in [0, 0.05) is 35.9 Å². The maximum absolute atomic E-state index is 11.9. The van der Waals surface area contributed by atoms with Crippen molar-refractivity contribution in [1.82, 2.24) is 10.1 Å². The van der Waals surface area contributed by atoms with Crippen molar-refractivity contribution in [2.75, 3.05) is 11.4 Å². The molecule has 0 unspecified atom stereocenters. The molecule has 42 heavy (non-hydrogen) atoms. The average Bonchev–Trinajstić information content (AvgIpc) is 3.56. The summed E-state index contributed by atoms with van der Waals surface area (Å²) in [7, 11) is 0. The lowest BCUT2D eigenvalue weighted by atomic mass is 9.77. The monoisotopic (exact) mass is 587 g/mol. The van der Waals surface area contributed by atoms with Crippen LogP contribution in [0.1, 0.15) is 141 Å². The van der Waals surface area contributed by atoms with Crippen molar-refractivity contribution in [2.24, 2.45) is 11.3 Å². The first kappa shape index (κ1) is 26.0. The number of anilines is 1. The number of hydrogen-bond acceptors (Lipinski definition) is 7. The van der Waals surface area contributed by atoms with E-state index in [1.807, 2.05) is 12.1 Å². The lowest BCUT2D eigenvalue weighted by Crippen LogP contribution is -2.38. The molecule has 9 rings (SSSR count). The molecule has 1 aliphatic heterocycles. The number of rotatable bonds is 8. The van der Waals surface area contributed by atoms with E-state index in [9.17, 15) is 9.90 Å². The first-order valence-corrected chi connectivity index (χ1v) is 17.4. The van der Waals surface area contributed by atoms with Gasteiger partial charge >= 0.3 is 5.97 Å². The van der Waals surface area contributed by atoms with Gasteiger partial charge in [0.1, 0.15) is 5.76 Å². The molecule has 8 heteroatoms. The number of carboxylic acids is 1. The molecular formula is C34H41N3O4S. The largest absolute Gasteiger partial charge is 0.478 e. The molecule has 3 aromatic rings. The molecule has 6 aliphatic rings. The minimum absolute atomic E-state index is 0.268. The van der Waals surface area contributed by atoms with Crippen LogP contribution in [0.2, 0.25) is 0 Å². The average molecular weight is 588 g/mol. The lowest BCUT2D eigenvalue weighted by molar-refractivity contribution is 0.0116. The fourth-order valence-electron chi connectivity index (χ4n) is 9.02. The number of nitrogens with zero attached hydrogens (tertiary/aromatic N) is 3. The number of aromatic carboxylic acids is 1. The number of thiazole rings is 1. The standard InChI is InChI=1S/C34H41N3O4S/c38-32(39)22-14-25(19-3-1-2-4-19)30-28(15-22)42-33(35-30)37-17-23-13-24(37)16-27(23)40-18-26-29(36-41-31(26)21-5-6-21)20-7-9-34(10-8-20)11-12-34/h14-15,19-21,23-24,27H,1-13,16-18H2,(H,38,39)/t23-,24-,27+/m0/s1. The van der Waals surface area contributed by atoms with Crippen LogP contribution >= 0.6 is 11.3 Å². The van der Waals surface area contributed by atoms with Gasteiger partial charge in [-0.3, -0.25) is 0 Å². The normalized spacial score (nSPS) is 29.0. The summed E-state index contributed by atoms with van der Waals surface area (Å²) in [6.45, 7) is 1.61. The van der Waals surface area contributed by atoms with Crippen LogP contribution in [0, 0.1) is 11.3 Å². The third kappa shape index (κ3) is 4.42. The summed E-state index contributed by atoms with van der Waals surface area (Å²) in [5, 5.41) is 15.5. The number of carbonyl (C=O) groups is 1. The molecule has 222 valence electrons. The molecule has 2 aromatic heterocycles. The molecule has 6 fully saturated rings. The van der Waals surface area contributed by atoms with Crippen molar-refractivity contribution >= 4 is 32.7 Å². The van der Waals surface area contributed by atoms with Gasteiger partial charge in [-0.05, 0) is 106 Å². The lowest BCUT2D eigenvalue weighted by Gasteiger charge is -2.31. The van der Waals surface area contributed by atoms with Gasteiger partial charge in [-0.1, -0.05) is 29.3 Å². The van der Waals surface area contributed by atoms with Crippen LogP contribution in [-0.2, 0) is 11.3 Å². The third-order valence-electron chi connectivity index (χ3n) is 11.9. The molecule has 0 amide bonds. The molecule has 1 N–H and O–H groups in total. The van der Waals surface area contributed by atoms with E-state index in [-0.39, 0.29) is 6.10 Å². The molecule has 7 nitrogen and oxygen atoms in total. The first-order chi connectivity index (χ1) is 20.5. The predicted molar refractivity (Wildman–Crippen MR) is 162 cm³/mol. The molecule has 1 spiro atoms. The predicted octanol–water partition coefficient (Wildman–Crippen LogP) is 8.14. The van der Waals surface area contributed by atoms with E-state index in [4.69, 9.17) is 14.2 Å². The van der Waals surface area contributed by atoms with E-state index in [0.717, 1.165) is 58.9 Å². The van der Waals surface area contributed by atoms with E-state index in [2.05, 4.69) is 10.1 Å². The highest BCUT2D eigenvalue weighted by atomic mass is 32.1. The number of fused-ring (bicyclic) bond motifs is 3. The van der Waals surface area contributed by atoms with Gasteiger partial charge in [0.2, 0.25) is 0 Å². The van der Waals surface area contributed by atoms with Crippen LogP contribution in [0.25, 0.3) is 10.2 Å². The Bertz CT molecular complexity index is 1520. The van der Waals surface area contributed by atoms with Crippen LogP contribution in [0.5, 0.6) is 0 Å². The molecule has 1 saturated heterocycles. The minimum atomic E-state index is -0.845. The van der Waals surface area contributed by atoms with Crippen molar-refractivity contribution in [2.45, 2.75) is 126 Å². The summed E-state index contributed by atoms with van der Waals surface area (Å²) in [4.78, 5) is 19.6. The number of ether oxygens (including phenoxy) is 1. The van der Waals surface area contributed by atoms with Gasteiger partial charge < -0.3 is 19.3 Å². The Kier molecular flexibility index (Phi) is 6.05. The minimum Gasteiger partial charge on any atom is -0.478 e. The number of piperidine rings is 1. The fourth-order valence-corrected chi connectivity index (χ4v) is 10.1. The Balaban J connectivity index is 0.909. The van der Waals surface area contributed by atoms with Crippen LogP contribution < -0.4 is 4.90 Å². The van der Waals surface area contributed by atoms with Gasteiger partial charge in [-0.25, -0.2) is 9.78 Å². The van der Waals surface area contributed by atoms with Gasteiger partial charge in [-0.15, -0.1) is 0 Å². The van der Waals surface area contributed by atoms with Crippen molar-refractivity contribution in [3.05, 3.63) is 40.3 Å². The van der Waals surface area contributed by atoms with E-state index in [1.54, 1.807) is 11.3 Å². The number of benzene rings is 1. The molecule has 3 heterocycles. The molecule has 1 aromatic carbocycles. The Hall–Kier alpha value is -2.45. The molecule has 5 aliphatic carbocycles. The highest BCUT2D eigenvalue weighted by Crippen LogP contribution is 2.59. The van der Waals surface area contributed by atoms with Crippen LogP contribution in [0.3, 0.4) is 0 Å². The highest BCUT2D eigenvalue weighted by molar-refractivity contribution is 7.22. The number of carboxylic acid groups (broad SMARTS) is 1. The zero-order valence-electron chi connectivity index (χ0n) is 24.4. The van der Waals surface area contributed by atoms with Crippen LogP contribution in [0.4, 0.5) is 5.13 Å². The molecule has 5 saturated carbocycles. The van der Waals surface area contributed by atoms with E-state index in [1.165, 1.54) is 75.5 Å². The summed E-state index contributed by atoms with van der Waals surface area (Å²) >= 11 is 1.68. The van der Waals surface area contributed by atoms with Crippen molar-refractivity contribution in [3.8, 4) is 0 Å². The topological polar surface area (TPSA) is 88.7 Å². The molecule has 3 atom stereocenters. The van der Waals surface area contributed by atoms with E-state index in [0.29, 0.717) is 47.3 Å². The third-order valence-corrected chi connectivity index (χ3v) is 12.9. The molecular weight excluding hydrogens is 546 g/mol. The van der Waals surface area contributed by atoms with E-state index >= 15 is 0 Å². The van der Waals surface area contributed by atoms with Gasteiger partial charge in [0.25, 0.3) is 0 Å². The van der Waals surface area contributed by atoms with Crippen LogP contribution in [0.15, 0.2) is 16.7 Å². The first-order valence-electron chi connectivity index (χ1n) is 16.6. The zero-order valence-corrected chi connectivity index (χ0v) is 25.2. The second-order valence-corrected chi connectivity index (χ2v) is 15.6. The SMILES string of the molecule is O=C(O)c1cc(C2CCCC2)c2nc(N3C[C@@H]4C[C@H]3C[C@H]4OCc3c(C4CCC5(CC4)CC5)noc3C3CC3)sc2c1. The summed E-state index contributed by atoms with van der Waals surface area (Å²) in [6, 6.07) is 4.17. The maximum atomic E-state index is 11.9. The summed E-state index contributed by atoms with van der Waals surface area (Å²) in [5.74, 6) is 2.30. The Morgan fingerprint density at radius 1 is 1.02 bits per heavy atom. The Morgan fingerprint density at radius 3 is 2.52 bits per heavy atom. The van der Waals surface area contributed by atoms with Crippen molar-refractivity contribution in [3.63, 3.8) is 0 Å². The molecule has 2 bridgehead atoms. The van der Waals surface area contributed by atoms with Gasteiger partial charge in [-0.2, -0.15) is 0 Å². The second kappa shape index (κ2) is 9.78.